The van der Waals surface area contributed by atoms with E-state index in [1.807, 2.05) is 12.4 Å². The van der Waals surface area contributed by atoms with E-state index in [0.717, 1.165) is 12.1 Å². The summed E-state index contributed by atoms with van der Waals surface area (Å²) in [6, 6.07) is -0.547. The van der Waals surface area contributed by atoms with Crippen molar-refractivity contribution in [2.24, 2.45) is 5.73 Å². The molecule has 7 nitrogen and oxygen atoms in total. The van der Waals surface area contributed by atoms with Gasteiger partial charge in [0.2, 0.25) is 0 Å². The minimum Gasteiger partial charge on any atom is -0.389 e. The molecule has 1 unspecified atom stereocenters. The number of aromatic nitrogens is 1. The van der Waals surface area contributed by atoms with E-state index in [0.29, 0.717) is 26.2 Å². The molecule has 0 aromatic carbocycles. The molecule has 0 spiro atoms. The monoisotopic (exact) mass is 302 g/mol. The van der Waals surface area contributed by atoms with Gasteiger partial charge in [-0.2, -0.15) is 0 Å². The molecule has 0 radical (unpaired) electrons. The van der Waals surface area contributed by atoms with E-state index in [1.165, 1.54) is 4.88 Å². The van der Waals surface area contributed by atoms with E-state index in [1.54, 1.807) is 11.3 Å². The molecule has 0 fully saturated rings. The van der Waals surface area contributed by atoms with Gasteiger partial charge in [-0.25, -0.2) is 9.78 Å². The highest BCUT2D eigenvalue weighted by Gasteiger charge is 2.05. The smallest absolute Gasteiger partial charge is 0.312 e. The van der Waals surface area contributed by atoms with Crippen molar-refractivity contribution < 1.29 is 14.6 Å². The first-order valence-corrected chi connectivity index (χ1v) is 7.36. The lowest BCUT2D eigenvalue weighted by Gasteiger charge is -2.12. The number of aliphatic hydroxyl groups is 1. The van der Waals surface area contributed by atoms with Gasteiger partial charge >= 0.3 is 6.03 Å². The Bertz CT molecular complexity index is 400. The minimum atomic E-state index is -0.564. The molecule has 0 saturated heterocycles. The van der Waals surface area contributed by atoms with Crippen molar-refractivity contribution in [3.05, 3.63) is 16.1 Å². The molecular formula is C12H22N4O3S. The molecule has 0 bridgehead atoms. The number of amides is 2. The summed E-state index contributed by atoms with van der Waals surface area (Å²) >= 11 is 1.62. The number of hydrogen-bond donors (Lipinski definition) is 4. The standard InChI is InChI=1S/C12H22N4O3S/c1-9-11(20-8-16-9)2-5-19-7-10(17)6-14-3-4-15-12(13)18/h8,10,14,17H,2-7H2,1H3,(H3,13,15,18). The second-order valence-electron chi connectivity index (χ2n) is 4.33. The van der Waals surface area contributed by atoms with Crippen LogP contribution in [0.5, 0.6) is 0 Å². The second kappa shape index (κ2) is 9.65. The molecule has 8 heteroatoms. The SMILES string of the molecule is Cc1ncsc1CCOCC(O)CNCCNC(N)=O. The van der Waals surface area contributed by atoms with Crippen molar-refractivity contribution in [1.82, 2.24) is 15.6 Å². The summed E-state index contributed by atoms with van der Waals surface area (Å²) in [6.07, 6.45) is 0.255. The highest BCUT2D eigenvalue weighted by molar-refractivity contribution is 7.09. The number of rotatable bonds is 10. The Morgan fingerprint density at radius 1 is 1.60 bits per heavy atom. The van der Waals surface area contributed by atoms with E-state index in [9.17, 15) is 9.90 Å². The van der Waals surface area contributed by atoms with Crippen molar-refractivity contribution in [3.8, 4) is 0 Å². The minimum absolute atomic E-state index is 0.286. The molecule has 0 saturated carbocycles. The number of aryl methyl sites for hydroxylation is 1. The maximum atomic E-state index is 10.4. The van der Waals surface area contributed by atoms with Crippen molar-refractivity contribution in [2.45, 2.75) is 19.4 Å². The molecule has 1 aromatic rings. The van der Waals surface area contributed by atoms with Gasteiger partial charge in [-0.3, -0.25) is 0 Å². The number of carbonyl (C=O) groups is 1. The molecule has 1 rings (SSSR count). The van der Waals surface area contributed by atoms with E-state index >= 15 is 0 Å². The van der Waals surface area contributed by atoms with Gasteiger partial charge in [0, 0.05) is 30.9 Å². The van der Waals surface area contributed by atoms with Gasteiger partial charge in [-0.05, 0) is 6.92 Å². The summed E-state index contributed by atoms with van der Waals surface area (Å²) in [7, 11) is 0. The fourth-order valence-corrected chi connectivity index (χ4v) is 2.31. The molecule has 20 heavy (non-hydrogen) atoms. The highest BCUT2D eigenvalue weighted by Crippen LogP contribution is 2.12. The molecule has 114 valence electrons. The molecule has 0 aliphatic carbocycles. The Kier molecular flexibility index (Phi) is 8.12. The normalized spacial score (nSPS) is 12.3. The summed E-state index contributed by atoms with van der Waals surface area (Å²) in [5.74, 6) is 0. The lowest BCUT2D eigenvalue weighted by molar-refractivity contribution is 0.0387. The maximum Gasteiger partial charge on any atom is 0.312 e. The van der Waals surface area contributed by atoms with Crippen LogP contribution in [0, 0.1) is 6.92 Å². The zero-order valence-corrected chi connectivity index (χ0v) is 12.4. The zero-order valence-electron chi connectivity index (χ0n) is 11.6. The zero-order chi connectivity index (χ0) is 14.8. The predicted octanol–water partition coefficient (Wildman–Crippen LogP) is -0.371. The Labute approximate surface area is 122 Å². The highest BCUT2D eigenvalue weighted by atomic mass is 32.1. The van der Waals surface area contributed by atoms with Gasteiger partial charge in [0.25, 0.3) is 0 Å². The number of nitrogens with one attached hydrogen (secondary N) is 2. The van der Waals surface area contributed by atoms with Crippen LogP contribution in [0.15, 0.2) is 5.51 Å². The number of aliphatic hydroxyl groups excluding tert-OH is 1. The molecule has 2 amide bonds. The van der Waals surface area contributed by atoms with Gasteiger partial charge in [-0.1, -0.05) is 0 Å². The molecule has 0 aliphatic heterocycles. The fourth-order valence-electron chi connectivity index (χ4n) is 1.55. The number of thiazole rings is 1. The van der Waals surface area contributed by atoms with Crippen molar-refractivity contribution in [2.75, 3.05) is 32.8 Å². The number of nitrogens with two attached hydrogens (primary N) is 1. The van der Waals surface area contributed by atoms with Crippen LogP contribution in [0.2, 0.25) is 0 Å². The second-order valence-corrected chi connectivity index (χ2v) is 5.27. The number of carbonyl (C=O) groups excluding carboxylic acids is 1. The van der Waals surface area contributed by atoms with Crippen molar-refractivity contribution in [1.29, 1.82) is 0 Å². The first kappa shape index (κ1) is 16.8. The van der Waals surface area contributed by atoms with E-state index in [-0.39, 0.29) is 6.61 Å². The average Bonchev–Trinajstić information content (AvgIpc) is 2.79. The summed E-state index contributed by atoms with van der Waals surface area (Å²) in [5.41, 5.74) is 7.78. The summed E-state index contributed by atoms with van der Waals surface area (Å²) in [4.78, 5) is 15.8. The van der Waals surface area contributed by atoms with E-state index in [2.05, 4.69) is 15.6 Å². The Balaban J connectivity index is 1.96. The number of ether oxygens (including phenoxy) is 1. The molecular weight excluding hydrogens is 280 g/mol. The summed E-state index contributed by atoms with van der Waals surface area (Å²) < 4.78 is 5.42. The van der Waals surface area contributed by atoms with Crippen LogP contribution in [0.3, 0.4) is 0 Å². The van der Waals surface area contributed by atoms with Gasteiger partial charge in [-0.15, -0.1) is 11.3 Å². The molecule has 1 heterocycles. The van der Waals surface area contributed by atoms with E-state index < -0.39 is 12.1 Å². The topological polar surface area (TPSA) is 110 Å². The maximum absolute atomic E-state index is 10.4. The summed E-state index contributed by atoms with van der Waals surface area (Å²) in [6.45, 7) is 4.25. The number of primary amides is 1. The largest absolute Gasteiger partial charge is 0.389 e. The average molecular weight is 302 g/mol. The quantitative estimate of drug-likeness (QED) is 0.441. The Morgan fingerprint density at radius 2 is 2.40 bits per heavy atom. The lowest BCUT2D eigenvalue weighted by atomic mass is 10.3. The van der Waals surface area contributed by atoms with Crippen LogP contribution in [0.1, 0.15) is 10.6 Å². The molecule has 1 atom stereocenters. The third-order valence-electron chi connectivity index (χ3n) is 2.61. The van der Waals surface area contributed by atoms with Crippen LogP contribution in [-0.2, 0) is 11.2 Å². The van der Waals surface area contributed by atoms with Gasteiger partial charge in [0.15, 0.2) is 0 Å². The predicted molar refractivity (Wildman–Crippen MR) is 77.8 cm³/mol. The first-order chi connectivity index (χ1) is 9.59. The lowest BCUT2D eigenvalue weighted by Crippen LogP contribution is -2.38. The third-order valence-corrected chi connectivity index (χ3v) is 3.60. The van der Waals surface area contributed by atoms with Crippen molar-refractivity contribution in [3.63, 3.8) is 0 Å². The fraction of sp³-hybridized carbons (Fsp3) is 0.667. The van der Waals surface area contributed by atoms with Crippen LogP contribution < -0.4 is 16.4 Å². The molecule has 1 aromatic heterocycles. The van der Waals surface area contributed by atoms with Crippen LogP contribution in [-0.4, -0.2) is 55.1 Å². The van der Waals surface area contributed by atoms with Gasteiger partial charge in [0.1, 0.15) is 0 Å². The van der Waals surface area contributed by atoms with Crippen molar-refractivity contribution >= 4 is 17.4 Å². The molecule has 0 aliphatic rings. The number of nitrogens with zero attached hydrogens (tertiary/aromatic N) is 1. The van der Waals surface area contributed by atoms with Gasteiger partial charge in [0.05, 0.1) is 30.5 Å². The Hall–Kier alpha value is -1.22. The number of hydrogen-bond acceptors (Lipinski definition) is 6. The van der Waals surface area contributed by atoms with Crippen LogP contribution >= 0.6 is 11.3 Å². The molecule has 5 N–H and O–H groups in total. The van der Waals surface area contributed by atoms with Gasteiger partial charge < -0.3 is 26.2 Å². The third kappa shape index (κ3) is 7.39. The number of urea groups is 1. The summed E-state index contributed by atoms with van der Waals surface area (Å²) in [5, 5.41) is 15.1. The van der Waals surface area contributed by atoms with Crippen LogP contribution in [0.25, 0.3) is 0 Å². The van der Waals surface area contributed by atoms with E-state index in [4.69, 9.17) is 10.5 Å². The Morgan fingerprint density at radius 3 is 3.05 bits per heavy atom. The van der Waals surface area contributed by atoms with Crippen LogP contribution in [0.4, 0.5) is 4.79 Å². The first-order valence-electron chi connectivity index (χ1n) is 6.48.